The molecule has 0 radical (unpaired) electrons. The number of hydrogen-bond donors (Lipinski definition) is 2. The molecule has 0 spiro atoms. The van der Waals surface area contributed by atoms with Crippen LogP contribution in [0.5, 0.6) is 0 Å². The van der Waals surface area contributed by atoms with Crippen molar-refractivity contribution in [3.8, 4) is 11.5 Å². The summed E-state index contributed by atoms with van der Waals surface area (Å²) in [7, 11) is 0. The van der Waals surface area contributed by atoms with Crippen LogP contribution in [0.15, 0.2) is 48.7 Å². The van der Waals surface area contributed by atoms with E-state index in [1.54, 1.807) is 0 Å². The van der Waals surface area contributed by atoms with Gasteiger partial charge in [0.2, 0.25) is 0 Å². The molecule has 8 heteroatoms. The van der Waals surface area contributed by atoms with Gasteiger partial charge < -0.3 is 10.4 Å². The van der Waals surface area contributed by atoms with Gasteiger partial charge in [-0.2, -0.15) is 0 Å². The monoisotopic (exact) mass is 458 g/mol. The van der Waals surface area contributed by atoms with E-state index in [0.29, 0.717) is 12.4 Å². The molecule has 0 aliphatic carbocycles. The van der Waals surface area contributed by atoms with Crippen LogP contribution in [0.2, 0.25) is 0 Å². The van der Waals surface area contributed by atoms with E-state index < -0.39 is 6.09 Å². The molecule has 0 saturated carbocycles. The van der Waals surface area contributed by atoms with E-state index >= 15 is 0 Å². The van der Waals surface area contributed by atoms with Gasteiger partial charge in [0.25, 0.3) is 0 Å². The summed E-state index contributed by atoms with van der Waals surface area (Å²) < 4.78 is 2.00. The van der Waals surface area contributed by atoms with Gasteiger partial charge >= 0.3 is 6.09 Å². The molecule has 1 aliphatic rings. The van der Waals surface area contributed by atoms with Gasteiger partial charge in [-0.15, -0.1) is 10.2 Å². The van der Waals surface area contributed by atoms with Crippen LogP contribution in [-0.2, 0) is 5.41 Å². The first-order valence-corrected chi connectivity index (χ1v) is 11.7. The van der Waals surface area contributed by atoms with Crippen LogP contribution in [-0.4, -0.2) is 54.8 Å². The van der Waals surface area contributed by atoms with Crippen molar-refractivity contribution in [2.75, 3.05) is 13.1 Å². The molecule has 4 aromatic rings. The summed E-state index contributed by atoms with van der Waals surface area (Å²) in [5.74, 6) is 0.710. The largest absolute Gasteiger partial charge is 0.465 e. The molecule has 1 aliphatic heterocycles. The van der Waals surface area contributed by atoms with Crippen LogP contribution in [0.4, 0.5) is 4.79 Å². The topological polar surface area (TPSA) is 95.7 Å². The number of para-hydroxylation sites is 1. The molecule has 5 rings (SSSR count). The Morgan fingerprint density at radius 3 is 2.74 bits per heavy atom. The third kappa shape index (κ3) is 4.09. The molecule has 1 fully saturated rings. The molecule has 0 bridgehead atoms. The fourth-order valence-corrected chi connectivity index (χ4v) is 4.85. The Morgan fingerprint density at radius 2 is 1.97 bits per heavy atom. The summed E-state index contributed by atoms with van der Waals surface area (Å²) in [6, 6.07) is 14.6. The van der Waals surface area contributed by atoms with Gasteiger partial charge in [-0.1, -0.05) is 51.1 Å². The highest BCUT2D eigenvalue weighted by Gasteiger charge is 2.28. The van der Waals surface area contributed by atoms with Gasteiger partial charge in [0.15, 0.2) is 11.5 Å². The van der Waals surface area contributed by atoms with E-state index in [4.69, 9.17) is 10.1 Å². The third-order valence-corrected chi connectivity index (χ3v) is 6.76. The zero-order chi connectivity index (χ0) is 24.0. The van der Waals surface area contributed by atoms with Gasteiger partial charge in [0.1, 0.15) is 5.69 Å². The minimum Gasteiger partial charge on any atom is -0.465 e. The van der Waals surface area contributed by atoms with E-state index in [2.05, 4.69) is 84.6 Å². The second-order valence-corrected chi connectivity index (χ2v) is 10.1. The third-order valence-electron chi connectivity index (χ3n) is 6.76. The number of nitrogens with zero attached hydrogens (tertiary/aromatic N) is 5. The number of hydrogen-bond acceptors (Lipinski definition) is 5. The lowest BCUT2D eigenvalue weighted by atomic mass is 9.85. The highest BCUT2D eigenvalue weighted by Crippen LogP contribution is 2.31. The Bertz CT molecular complexity index is 1370. The maximum atomic E-state index is 11.0. The lowest BCUT2D eigenvalue weighted by Gasteiger charge is -2.24. The number of benzene rings is 1. The maximum absolute atomic E-state index is 11.0. The lowest BCUT2D eigenvalue weighted by molar-refractivity contribution is 0.188. The van der Waals surface area contributed by atoms with Crippen molar-refractivity contribution in [3.05, 3.63) is 59.8 Å². The Kier molecular flexibility index (Phi) is 5.48. The first kappa shape index (κ1) is 22.3. The predicted molar refractivity (Wildman–Crippen MR) is 132 cm³/mol. The molecule has 34 heavy (non-hydrogen) atoms. The van der Waals surface area contributed by atoms with E-state index in [9.17, 15) is 4.79 Å². The highest BCUT2D eigenvalue weighted by atomic mass is 16.4. The van der Waals surface area contributed by atoms with Crippen LogP contribution in [0.3, 0.4) is 0 Å². The Balaban J connectivity index is 1.50. The SMILES string of the molecule is C[C@H](c1ccc2nnc(-c3ccc4cccc(C(C)(C)C)c4n3)n2c1)N1CCC(NC(=O)O)C1. The molecular formula is C26H30N6O2. The van der Waals surface area contributed by atoms with Crippen LogP contribution in [0.25, 0.3) is 28.1 Å². The molecule has 1 aromatic carbocycles. The zero-order valence-electron chi connectivity index (χ0n) is 20.0. The number of carboxylic acid groups (broad SMARTS) is 1. The second kappa shape index (κ2) is 8.36. The number of amides is 1. The molecular weight excluding hydrogens is 428 g/mol. The Morgan fingerprint density at radius 1 is 1.15 bits per heavy atom. The number of pyridine rings is 2. The highest BCUT2D eigenvalue weighted by molar-refractivity contribution is 5.84. The maximum Gasteiger partial charge on any atom is 0.404 e. The Labute approximate surface area is 198 Å². The van der Waals surface area contributed by atoms with E-state index in [0.717, 1.165) is 40.8 Å². The summed E-state index contributed by atoms with van der Waals surface area (Å²) in [5.41, 5.74) is 4.85. The average molecular weight is 459 g/mol. The summed E-state index contributed by atoms with van der Waals surface area (Å²) in [6.07, 6.45) is 1.93. The fourth-order valence-electron chi connectivity index (χ4n) is 4.85. The molecule has 1 saturated heterocycles. The number of fused-ring (bicyclic) bond motifs is 2. The van der Waals surface area contributed by atoms with Crippen molar-refractivity contribution in [1.82, 2.24) is 29.8 Å². The van der Waals surface area contributed by atoms with E-state index in [1.165, 1.54) is 5.56 Å². The van der Waals surface area contributed by atoms with Gasteiger partial charge in [-0.25, -0.2) is 9.78 Å². The van der Waals surface area contributed by atoms with Crippen molar-refractivity contribution in [2.24, 2.45) is 0 Å². The predicted octanol–water partition coefficient (Wildman–Crippen LogP) is 4.64. The van der Waals surface area contributed by atoms with Crippen LogP contribution >= 0.6 is 0 Å². The summed E-state index contributed by atoms with van der Waals surface area (Å²) in [6.45, 7) is 10.3. The molecule has 2 atom stereocenters. The van der Waals surface area contributed by atoms with E-state index in [1.807, 2.05) is 16.5 Å². The molecule has 3 aromatic heterocycles. The molecule has 1 amide bonds. The van der Waals surface area contributed by atoms with Gasteiger partial charge in [0.05, 0.1) is 5.52 Å². The zero-order valence-corrected chi connectivity index (χ0v) is 20.0. The van der Waals surface area contributed by atoms with Crippen molar-refractivity contribution in [1.29, 1.82) is 0 Å². The molecule has 1 unspecified atom stereocenters. The normalized spacial score (nSPS) is 17.9. The minimum atomic E-state index is -0.965. The number of aromatic nitrogens is 4. The van der Waals surface area contributed by atoms with Crippen LogP contribution < -0.4 is 5.32 Å². The molecule has 8 nitrogen and oxygen atoms in total. The molecule has 176 valence electrons. The summed E-state index contributed by atoms with van der Waals surface area (Å²) >= 11 is 0. The lowest BCUT2D eigenvalue weighted by Crippen LogP contribution is -2.36. The minimum absolute atomic E-state index is 0.0241. The first-order valence-electron chi connectivity index (χ1n) is 11.7. The average Bonchev–Trinajstić information content (AvgIpc) is 3.43. The quantitative estimate of drug-likeness (QED) is 0.462. The smallest absolute Gasteiger partial charge is 0.404 e. The number of likely N-dealkylation sites (tertiary alicyclic amines) is 1. The van der Waals surface area contributed by atoms with E-state index in [-0.39, 0.29) is 17.5 Å². The Hall–Kier alpha value is -3.52. The van der Waals surface area contributed by atoms with Gasteiger partial charge in [-0.05, 0) is 42.0 Å². The van der Waals surface area contributed by atoms with Gasteiger partial charge in [-0.3, -0.25) is 9.30 Å². The summed E-state index contributed by atoms with van der Waals surface area (Å²) in [5, 5.41) is 21.6. The standard InChI is InChI=1S/C26H30N6O2/c1-16(31-13-12-19(15-31)27-25(33)34)18-9-11-22-29-30-24(32(22)14-18)21-10-8-17-6-5-7-20(23(17)28-21)26(2,3)4/h5-11,14,16,19,27H,12-13,15H2,1-4H3,(H,33,34)/t16-,19?/m1/s1. The van der Waals surface area contributed by atoms with Crippen LogP contribution in [0, 0.1) is 0 Å². The van der Waals surface area contributed by atoms with Crippen molar-refractivity contribution in [2.45, 2.75) is 51.6 Å². The summed E-state index contributed by atoms with van der Waals surface area (Å²) in [4.78, 5) is 18.3. The number of rotatable bonds is 4. The fraction of sp³-hybridized carbons (Fsp3) is 0.385. The van der Waals surface area contributed by atoms with Gasteiger partial charge in [0, 0.05) is 36.8 Å². The van der Waals surface area contributed by atoms with Crippen molar-refractivity contribution in [3.63, 3.8) is 0 Å². The van der Waals surface area contributed by atoms with Crippen molar-refractivity contribution < 1.29 is 9.90 Å². The first-order chi connectivity index (χ1) is 16.2. The van der Waals surface area contributed by atoms with Crippen LogP contribution in [0.1, 0.15) is 51.3 Å². The molecule has 4 heterocycles. The number of nitrogens with one attached hydrogen (secondary N) is 1. The van der Waals surface area contributed by atoms with Crippen molar-refractivity contribution >= 4 is 22.6 Å². The second-order valence-electron chi connectivity index (χ2n) is 10.1. The number of carbonyl (C=O) groups is 1. The molecule has 2 N–H and O–H groups in total.